The molecule has 1 aromatic heterocycles. The Morgan fingerprint density at radius 3 is 2.56 bits per heavy atom. The Kier molecular flexibility index (Phi) is 5.46. The largest absolute Gasteiger partial charge is 0.354 e. The zero-order valence-corrected chi connectivity index (χ0v) is 14.5. The monoisotopic (exact) mass is 356 g/mol. The van der Waals surface area contributed by atoms with Crippen molar-refractivity contribution in [1.82, 2.24) is 9.97 Å². The van der Waals surface area contributed by atoms with E-state index in [1.807, 2.05) is 37.3 Å². The van der Waals surface area contributed by atoms with Gasteiger partial charge in [-0.1, -0.05) is 35.9 Å². The van der Waals surface area contributed by atoms with Crippen molar-refractivity contribution in [2.45, 2.75) is 13.3 Å². The van der Waals surface area contributed by atoms with Gasteiger partial charge in [-0.15, -0.1) is 0 Å². The quantitative estimate of drug-likeness (QED) is 0.654. The molecule has 0 bridgehead atoms. The van der Waals surface area contributed by atoms with Crippen molar-refractivity contribution in [2.75, 3.05) is 17.2 Å². The molecule has 0 amide bonds. The van der Waals surface area contributed by atoms with Gasteiger partial charge in [-0.3, -0.25) is 0 Å². The molecule has 2 N–H and O–H groups in total. The van der Waals surface area contributed by atoms with Crippen LogP contribution in [0.2, 0.25) is 5.02 Å². The molecule has 0 fully saturated rings. The number of rotatable bonds is 6. The minimum Gasteiger partial charge on any atom is -0.354 e. The van der Waals surface area contributed by atoms with Gasteiger partial charge < -0.3 is 10.6 Å². The summed E-state index contributed by atoms with van der Waals surface area (Å²) in [5.41, 5.74) is 2.68. The fourth-order valence-electron chi connectivity index (χ4n) is 2.38. The van der Waals surface area contributed by atoms with Crippen molar-refractivity contribution in [3.8, 4) is 0 Å². The number of nitrogens with one attached hydrogen (secondary N) is 2. The maximum atomic E-state index is 12.9. The maximum absolute atomic E-state index is 12.9. The molecular formula is C19H18ClFN4. The molecule has 2 aromatic carbocycles. The third kappa shape index (κ3) is 4.90. The zero-order valence-electron chi connectivity index (χ0n) is 13.8. The molecule has 128 valence electrons. The van der Waals surface area contributed by atoms with Crippen molar-refractivity contribution in [3.63, 3.8) is 0 Å². The van der Waals surface area contributed by atoms with Gasteiger partial charge in [0.25, 0.3) is 0 Å². The highest BCUT2D eigenvalue weighted by Crippen LogP contribution is 2.24. The molecule has 4 nitrogen and oxygen atoms in total. The van der Waals surface area contributed by atoms with Crippen LogP contribution in [0.3, 0.4) is 0 Å². The van der Waals surface area contributed by atoms with Gasteiger partial charge in [0.05, 0.1) is 10.7 Å². The van der Waals surface area contributed by atoms with Crippen molar-refractivity contribution < 1.29 is 4.39 Å². The van der Waals surface area contributed by atoms with Crippen LogP contribution in [0.4, 0.5) is 21.8 Å². The summed E-state index contributed by atoms with van der Waals surface area (Å²) in [5.74, 6) is 0.982. The number of hydrogen-bond acceptors (Lipinski definition) is 4. The summed E-state index contributed by atoms with van der Waals surface area (Å²) in [7, 11) is 0. The first-order valence-corrected chi connectivity index (χ1v) is 8.33. The van der Waals surface area contributed by atoms with Gasteiger partial charge >= 0.3 is 0 Å². The number of nitrogens with zero attached hydrogens (tertiary/aromatic N) is 2. The molecule has 0 atom stereocenters. The van der Waals surface area contributed by atoms with Crippen molar-refractivity contribution >= 4 is 29.1 Å². The number of hydrogen-bond donors (Lipinski definition) is 2. The number of anilines is 3. The first-order chi connectivity index (χ1) is 12.1. The van der Waals surface area contributed by atoms with Crippen LogP contribution in [0.25, 0.3) is 0 Å². The third-order valence-electron chi connectivity index (χ3n) is 3.60. The van der Waals surface area contributed by atoms with Gasteiger partial charge in [-0.25, -0.2) is 9.37 Å². The van der Waals surface area contributed by atoms with Crippen molar-refractivity contribution in [1.29, 1.82) is 0 Å². The standard InChI is InChI=1S/C19H18ClFN4/c1-13-12-18(24-17-5-3-2-4-16(17)20)25-19(23-13)22-11-10-14-6-8-15(21)9-7-14/h2-9,12H,10-11H2,1H3,(H2,22,23,24,25). The van der Waals surface area contributed by atoms with Crippen LogP contribution in [0.1, 0.15) is 11.3 Å². The van der Waals surface area contributed by atoms with Crippen LogP contribution in [0.15, 0.2) is 54.6 Å². The van der Waals surface area contributed by atoms with Gasteiger partial charge in [-0.2, -0.15) is 4.98 Å². The molecule has 0 aliphatic rings. The number of aromatic nitrogens is 2. The summed E-state index contributed by atoms with van der Waals surface area (Å²) in [5, 5.41) is 7.03. The van der Waals surface area contributed by atoms with Crippen LogP contribution < -0.4 is 10.6 Å². The normalized spacial score (nSPS) is 10.5. The number of benzene rings is 2. The van der Waals surface area contributed by atoms with Crippen LogP contribution >= 0.6 is 11.6 Å². The van der Waals surface area contributed by atoms with Gasteiger partial charge in [0.2, 0.25) is 5.95 Å². The second-order valence-electron chi connectivity index (χ2n) is 5.63. The second kappa shape index (κ2) is 7.94. The lowest BCUT2D eigenvalue weighted by Gasteiger charge is -2.11. The predicted octanol–water partition coefficient (Wildman–Crippen LogP) is 4.98. The molecule has 3 rings (SSSR count). The number of halogens is 2. The van der Waals surface area contributed by atoms with E-state index in [9.17, 15) is 4.39 Å². The summed E-state index contributed by atoms with van der Waals surface area (Å²) in [4.78, 5) is 8.85. The highest BCUT2D eigenvalue weighted by Gasteiger charge is 2.05. The summed E-state index contributed by atoms with van der Waals surface area (Å²) >= 11 is 6.17. The first kappa shape index (κ1) is 17.2. The van der Waals surface area contributed by atoms with E-state index in [1.165, 1.54) is 12.1 Å². The van der Waals surface area contributed by atoms with E-state index in [2.05, 4.69) is 20.6 Å². The molecule has 0 saturated heterocycles. The van der Waals surface area contributed by atoms with E-state index >= 15 is 0 Å². The van der Waals surface area contributed by atoms with Crippen molar-refractivity contribution in [2.24, 2.45) is 0 Å². The van der Waals surface area contributed by atoms with E-state index in [4.69, 9.17) is 11.6 Å². The highest BCUT2D eigenvalue weighted by molar-refractivity contribution is 6.33. The molecule has 3 aromatic rings. The fraction of sp³-hybridized carbons (Fsp3) is 0.158. The molecular weight excluding hydrogens is 339 g/mol. The smallest absolute Gasteiger partial charge is 0.224 e. The molecule has 25 heavy (non-hydrogen) atoms. The topological polar surface area (TPSA) is 49.8 Å². The lowest BCUT2D eigenvalue weighted by molar-refractivity contribution is 0.627. The van der Waals surface area contributed by atoms with E-state index in [1.54, 1.807) is 12.1 Å². The Hall–Kier alpha value is -2.66. The van der Waals surface area contributed by atoms with Crippen molar-refractivity contribution in [3.05, 3.63) is 76.7 Å². The van der Waals surface area contributed by atoms with Crippen LogP contribution in [-0.2, 0) is 6.42 Å². The van der Waals surface area contributed by atoms with Crippen LogP contribution in [0.5, 0.6) is 0 Å². The Labute approximate surface area is 151 Å². The first-order valence-electron chi connectivity index (χ1n) is 7.96. The fourth-order valence-corrected chi connectivity index (χ4v) is 2.56. The van der Waals surface area contributed by atoms with Crippen LogP contribution in [-0.4, -0.2) is 16.5 Å². The summed E-state index contributed by atoms with van der Waals surface area (Å²) in [6.07, 6.45) is 0.755. The van der Waals surface area contributed by atoms with E-state index in [0.717, 1.165) is 23.4 Å². The minimum atomic E-state index is -0.228. The van der Waals surface area contributed by atoms with Crippen LogP contribution in [0, 0.1) is 12.7 Å². The summed E-state index contributed by atoms with van der Waals surface area (Å²) in [6, 6.07) is 15.8. The van der Waals surface area contributed by atoms with Gasteiger partial charge in [-0.05, 0) is 43.2 Å². The SMILES string of the molecule is Cc1cc(Nc2ccccc2Cl)nc(NCCc2ccc(F)cc2)n1. The third-order valence-corrected chi connectivity index (χ3v) is 3.93. The average molecular weight is 357 g/mol. The molecule has 0 saturated carbocycles. The lowest BCUT2D eigenvalue weighted by atomic mass is 10.1. The molecule has 0 aliphatic carbocycles. The van der Waals surface area contributed by atoms with E-state index in [0.29, 0.717) is 23.3 Å². The Balaban J connectivity index is 1.65. The molecule has 1 heterocycles. The highest BCUT2D eigenvalue weighted by atomic mass is 35.5. The van der Waals surface area contributed by atoms with Gasteiger partial charge in [0.1, 0.15) is 11.6 Å². The molecule has 0 spiro atoms. The molecule has 6 heteroatoms. The maximum Gasteiger partial charge on any atom is 0.224 e. The predicted molar refractivity (Wildman–Crippen MR) is 100 cm³/mol. The zero-order chi connectivity index (χ0) is 17.6. The molecule has 0 aliphatic heterocycles. The van der Waals surface area contributed by atoms with Gasteiger partial charge in [0, 0.05) is 18.3 Å². The summed E-state index contributed by atoms with van der Waals surface area (Å²) < 4.78 is 12.9. The number of aryl methyl sites for hydroxylation is 1. The Bertz CT molecular complexity index is 852. The van der Waals surface area contributed by atoms with E-state index < -0.39 is 0 Å². The van der Waals surface area contributed by atoms with Gasteiger partial charge in [0.15, 0.2) is 0 Å². The minimum absolute atomic E-state index is 0.228. The Morgan fingerprint density at radius 1 is 1.04 bits per heavy atom. The molecule has 0 radical (unpaired) electrons. The Morgan fingerprint density at radius 2 is 1.80 bits per heavy atom. The number of para-hydroxylation sites is 1. The lowest BCUT2D eigenvalue weighted by Crippen LogP contribution is -2.09. The second-order valence-corrected chi connectivity index (χ2v) is 6.03. The summed E-state index contributed by atoms with van der Waals surface area (Å²) in [6.45, 7) is 2.56. The average Bonchev–Trinajstić information content (AvgIpc) is 2.58. The van der Waals surface area contributed by atoms with E-state index in [-0.39, 0.29) is 5.82 Å². The molecule has 0 unspecified atom stereocenters.